The maximum absolute atomic E-state index is 11.8. The molecule has 1 aliphatic rings. The number of aromatic hydroxyl groups is 1. The van der Waals surface area contributed by atoms with Crippen LogP contribution in [0.25, 0.3) is 11.3 Å². The second kappa shape index (κ2) is 4.78. The van der Waals surface area contributed by atoms with E-state index in [2.05, 4.69) is 4.98 Å². The van der Waals surface area contributed by atoms with Gasteiger partial charge in [0.2, 0.25) is 0 Å². The number of Topliss-reactive ketones (excluding diaryl/α,β-unsaturated/α-hetero) is 1. The smallest absolute Gasteiger partial charge is 0.164 e. The molecule has 0 atom stereocenters. The lowest BCUT2D eigenvalue weighted by atomic mass is 9.94. The maximum Gasteiger partial charge on any atom is 0.164 e. The molecule has 4 nitrogen and oxygen atoms in total. The number of aryl methyl sites for hydroxylation is 1. The van der Waals surface area contributed by atoms with Gasteiger partial charge >= 0.3 is 0 Å². The first kappa shape index (κ1) is 12.4. The summed E-state index contributed by atoms with van der Waals surface area (Å²) in [4.78, 5) is 16.3. The Balaban J connectivity index is 2.08. The second-order valence-electron chi connectivity index (χ2n) is 4.81. The molecule has 1 aromatic heterocycles. The van der Waals surface area contributed by atoms with E-state index in [-0.39, 0.29) is 17.1 Å². The Kier molecular flexibility index (Phi) is 2.96. The normalized spacial score (nSPS) is 13.7. The van der Waals surface area contributed by atoms with Crippen molar-refractivity contribution in [3.05, 3.63) is 47.2 Å². The molecule has 1 heterocycles. The lowest BCUT2D eigenvalue weighted by Gasteiger charge is -2.14. The number of pyridine rings is 1. The van der Waals surface area contributed by atoms with Crippen molar-refractivity contribution < 1.29 is 9.90 Å². The molecule has 0 aliphatic heterocycles. The topological polar surface area (TPSA) is 74.0 Å². The monoisotopic (exact) mass is 264 g/mol. The van der Waals surface area contributed by atoms with E-state index >= 15 is 0 Å². The number of carbonyl (C=O) groups is 1. The Morgan fingerprint density at radius 3 is 2.85 bits per heavy atom. The van der Waals surface area contributed by atoms with Crippen molar-refractivity contribution in [3.8, 4) is 23.1 Å². The highest BCUT2D eigenvalue weighted by Gasteiger charge is 2.18. The Hall–Kier alpha value is -2.67. The van der Waals surface area contributed by atoms with Gasteiger partial charge < -0.3 is 5.11 Å². The molecule has 4 heteroatoms. The minimum Gasteiger partial charge on any atom is -0.507 e. The molecule has 0 amide bonds. The van der Waals surface area contributed by atoms with Crippen LogP contribution in [0.15, 0.2) is 30.3 Å². The van der Waals surface area contributed by atoms with E-state index in [9.17, 15) is 9.90 Å². The first-order valence-electron chi connectivity index (χ1n) is 6.45. The third-order valence-corrected chi connectivity index (χ3v) is 3.50. The van der Waals surface area contributed by atoms with Crippen LogP contribution in [0.1, 0.15) is 34.5 Å². The molecule has 0 saturated heterocycles. The first-order chi connectivity index (χ1) is 9.69. The molecule has 0 unspecified atom stereocenters. The fourth-order valence-corrected chi connectivity index (χ4v) is 2.44. The fraction of sp³-hybridized carbons (Fsp3) is 0.188. The van der Waals surface area contributed by atoms with Crippen LogP contribution in [-0.2, 0) is 6.42 Å². The van der Waals surface area contributed by atoms with Gasteiger partial charge in [-0.05, 0) is 43.2 Å². The van der Waals surface area contributed by atoms with Gasteiger partial charge in [-0.3, -0.25) is 9.78 Å². The minimum absolute atomic E-state index is 0.0376. The second-order valence-corrected chi connectivity index (χ2v) is 4.81. The Morgan fingerprint density at radius 2 is 2.05 bits per heavy atom. The summed E-state index contributed by atoms with van der Waals surface area (Å²) >= 11 is 0. The maximum atomic E-state index is 11.8. The summed E-state index contributed by atoms with van der Waals surface area (Å²) < 4.78 is 0. The highest BCUT2D eigenvalue weighted by molar-refractivity contribution is 5.98. The van der Waals surface area contributed by atoms with E-state index in [1.165, 1.54) is 6.07 Å². The largest absolute Gasteiger partial charge is 0.507 e. The quantitative estimate of drug-likeness (QED) is 0.859. The average Bonchev–Trinajstić information content (AvgIpc) is 2.47. The third-order valence-electron chi connectivity index (χ3n) is 3.50. The number of benzene rings is 1. The van der Waals surface area contributed by atoms with Crippen LogP contribution in [0, 0.1) is 11.3 Å². The van der Waals surface area contributed by atoms with E-state index < -0.39 is 0 Å². The van der Waals surface area contributed by atoms with E-state index in [0.29, 0.717) is 12.0 Å². The number of fused-ring (bicyclic) bond motifs is 1. The van der Waals surface area contributed by atoms with Gasteiger partial charge in [-0.25, -0.2) is 0 Å². The van der Waals surface area contributed by atoms with E-state index in [4.69, 9.17) is 5.26 Å². The number of hydrogen-bond donors (Lipinski definition) is 1. The predicted octanol–water partition coefficient (Wildman–Crippen LogP) is 2.84. The van der Waals surface area contributed by atoms with Crippen LogP contribution in [-0.4, -0.2) is 15.9 Å². The number of hydrogen-bond acceptors (Lipinski definition) is 4. The van der Waals surface area contributed by atoms with Gasteiger partial charge in [0.25, 0.3) is 0 Å². The lowest BCUT2D eigenvalue weighted by molar-refractivity contribution is 0.0971. The van der Waals surface area contributed by atoms with Gasteiger partial charge in [-0.1, -0.05) is 0 Å². The zero-order chi connectivity index (χ0) is 14.1. The fourth-order valence-electron chi connectivity index (χ4n) is 2.44. The molecule has 20 heavy (non-hydrogen) atoms. The summed E-state index contributed by atoms with van der Waals surface area (Å²) in [5.74, 6) is 0.109. The molecule has 3 rings (SSSR count). The van der Waals surface area contributed by atoms with Crippen LogP contribution >= 0.6 is 0 Å². The number of ketones is 1. The molecule has 1 aliphatic carbocycles. The Morgan fingerprint density at radius 1 is 1.20 bits per heavy atom. The van der Waals surface area contributed by atoms with E-state index in [1.807, 2.05) is 6.07 Å². The van der Waals surface area contributed by atoms with Crippen LogP contribution in [0.2, 0.25) is 0 Å². The van der Waals surface area contributed by atoms with Gasteiger partial charge in [0.15, 0.2) is 5.78 Å². The zero-order valence-electron chi connectivity index (χ0n) is 10.8. The summed E-state index contributed by atoms with van der Waals surface area (Å²) in [6.45, 7) is 0. The summed E-state index contributed by atoms with van der Waals surface area (Å²) in [7, 11) is 0. The molecule has 2 aromatic rings. The Labute approximate surface area is 116 Å². The zero-order valence-corrected chi connectivity index (χ0v) is 10.8. The highest BCUT2D eigenvalue weighted by Crippen LogP contribution is 2.27. The molecule has 0 saturated carbocycles. The molecular weight excluding hydrogens is 252 g/mol. The van der Waals surface area contributed by atoms with Crippen LogP contribution in [0.4, 0.5) is 0 Å². The van der Waals surface area contributed by atoms with Crippen molar-refractivity contribution in [2.45, 2.75) is 19.3 Å². The molecule has 98 valence electrons. The summed E-state index contributed by atoms with van der Waals surface area (Å²) in [5, 5.41) is 18.5. The molecule has 0 fully saturated rings. The van der Waals surface area contributed by atoms with Crippen LogP contribution in [0.3, 0.4) is 0 Å². The molecule has 0 spiro atoms. The SMILES string of the molecule is N#Cc1cc(-c2ccc3c(n2)CCCC3=O)ccc1O. The number of aromatic nitrogens is 1. The molecule has 1 N–H and O–H groups in total. The van der Waals surface area contributed by atoms with Crippen molar-refractivity contribution in [3.63, 3.8) is 0 Å². The first-order valence-corrected chi connectivity index (χ1v) is 6.45. The number of phenolic OH excluding ortho intramolecular Hbond substituents is 1. The van der Waals surface area contributed by atoms with Crippen molar-refractivity contribution in [2.75, 3.05) is 0 Å². The molecule has 0 radical (unpaired) electrons. The highest BCUT2D eigenvalue weighted by atomic mass is 16.3. The van der Waals surface area contributed by atoms with Gasteiger partial charge in [-0.2, -0.15) is 5.26 Å². The van der Waals surface area contributed by atoms with Gasteiger partial charge in [0.05, 0.1) is 17.0 Å². The Bertz CT molecular complexity index is 745. The minimum atomic E-state index is -0.0376. The molecular formula is C16H12N2O2. The van der Waals surface area contributed by atoms with Gasteiger partial charge in [0, 0.05) is 17.5 Å². The molecule has 0 bridgehead atoms. The average molecular weight is 264 g/mol. The van der Waals surface area contributed by atoms with Crippen molar-refractivity contribution in [1.82, 2.24) is 4.98 Å². The predicted molar refractivity (Wildman–Crippen MR) is 73.3 cm³/mol. The van der Waals surface area contributed by atoms with E-state index in [0.717, 1.165) is 29.8 Å². The van der Waals surface area contributed by atoms with Crippen LogP contribution < -0.4 is 0 Å². The third kappa shape index (κ3) is 2.04. The lowest BCUT2D eigenvalue weighted by Crippen LogP contribution is -2.12. The van der Waals surface area contributed by atoms with Crippen molar-refractivity contribution in [1.29, 1.82) is 5.26 Å². The van der Waals surface area contributed by atoms with Crippen molar-refractivity contribution >= 4 is 5.78 Å². The molecule has 1 aromatic carbocycles. The van der Waals surface area contributed by atoms with E-state index in [1.54, 1.807) is 24.3 Å². The van der Waals surface area contributed by atoms with Crippen LogP contribution in [0.5, 0.6) is 5.75 Å². The summed E-state index contributed by atoms with van der Waals surface area (Å²) in [5.41, 5.74) is 3.23. The van der Waals surface area contributed by atoms with Crippen molar-refractivity contribution in [2.24, 2.45) is 0 Å². The summed E-state index contributed by atoms with van der Waals surface area (Å²) in [6.07, 6.45) is 2.23. The van der Waals surface area contributed by atoms with Gasteiger partial charge in [0.1, 0.15) is 11.8 Å². The number of nitriles is 1. The number of nitrogens with zero attached hydrogens (tertiary/aromatic N) is 2. The number of rotatable bonds is 1. The number of phenols is 1. The number of carbonyl (C=O) groups excluding carboxylic acids is 1. The standard InChI is InChI=1S/C16H12N2O2/c17-9-11-8-10(4-7-15(11)19)13-6-5-12-14(18-13)2-1-3-16(12)20/h4-8,19H,1-3H2. The summed E-state index contributed by atoms with van der Waals surface area (Å²) in [6, 6.07) is 10.3. The van der Waals surface area contributed by atoms with Gasteiger partial charge in [-0.15, -0.1) is 0 Å².